The number of nitrogens with zero attached hydrogens (tertiary/aromatic N) is 1. The zero-order valence-electron chi connectivity index (χ0n) is 18.4. The Morgan fingerprint density at radius 1 is 1.36 bits per heavy atom. The van der Waals surface area contributed by atoms with E-state index in [1.165, 1.54) is 0 Å². The third-order valence-corrected chi connectivity index (χ3v) is 7.46. The maximum absolute atomic E-state index is 12.4. The van der Waals surface area contributed by atoms with Crippen LogP contribution in [-0.2, 0) is 26.3 Å². The SMILES string of the molecule is C.Cc1ccc(CO)c2c1[C@]13CCN(C)[C@H](C)[C@]1(O)CC=C(OC(=O)[C@@H](O)CC(=O)O)[C@@H]3O2. The Hall–Kier alpha value is -2.46. The maximum atomic E-state index is 12.4. The molecule has 2 aliphatic heterocycles. The third kappa shape index (κ3) is 3.54. The lowest BCUT2D eigenvalue weighted by molar-refractivity contribution is -0.167. The van der Waals surface area contributed by atoms with Gasteiger partial charge in [-0.15, -0.1) is 0 Å². The molecule has 1 spiro atoms. The molecule has 0 radical (unpaired) electrons. The molecular weight excluding hydrogens is 430 g/mol. The molecular formula is C24H33NO8. The molecule has 1 saturated heterocycles. The second-order valence-corrected chi connectivity index (χ2v) is 9.05. The van der Waals surface area contributed by atoms with Crippen molar-refractivity contribution in [1.29, 1.82) is 0 Å². The average molecular weight is 464 g/mol. The smallest absolute Gasteiger partial charge is 0.340 e. The summed E-state index contributed by atoms with van der Waals surface area (Å²) in [6.07, 6.45) is -1.17. The molecule has 182 valence electrons. The predicted octanol–water partition coefficient (Wildman–Crippen LogP) is 1.24. The van der Waals surface area contributed by atoms with Crippen LogP contribution in [0.15, 0.2) is 24.0 Å². The molecule has 0 unspecified atom stereocenters. The molecule has 4 N–H and O–H groups in total. The van der Waals surface area contributed by atoms with Crippen LogP contribution in [0.1, 0.15) is 50.3 Å². The molecule has 0 saturated carbocycles. The van der Waals surface area contributed by atoms with E-state index in [0.29, 0.717) is 24.3 Å². The van der Waals surface area contributed by atoms with Gasteiger partial charge in [0.1, 0.15) is 11.5 Å². The lowest BCUT2D eigenvalue weighted by Crippen LogP contribution is -2.71. The molecule has 0 bridgehead atoms. The Morgan fingerprint density at radius 3 is 2.70 bits per heavy atom. The van der Waals surface area contributed by atoms with Gasteiger partial charge < -0.3 is 34.8 Å². The van der Waals surface area contributed by atoms with Gasteiger partial charge in [-0.05, 0) is 45.5 Å². The van der Waals surface area contributed by atoms with Gasteiger partial charge in [0.05, 0.1) is 24.0 Å². The first-order chi connectivity index (χ1) is 15.1. The predicted molar refractivity (Wildman–Crippen MR) is 119 cm³/mol. The van der Waals surface area contributed by atoms with Gasteiger partial charge in [0, 0.05) is 23.6 Å². The second-order valence-electron chi connectivity index (χ2n) is 9.05. The minimum atomic E-state index is -1.82. The summed E-state index contributed by atoms with van der Waals surface area (Å²) in [6, 6.07) is 3.41. The number of hydrogen-bond acceptors (Lipinski definition) is 8. The summed E-state index contributed by atoms with van der Waals surface area (Å²) in [7, 11) is 1.94. The molecule has 1 aromatic rings. The number of aliphatic carboxylic acids is 1. The van der Waals surface area contributed by atoms with Crippen LogP contribution in [0.3, 0.4) is 0 Å². The van der Waals surface area contributed by atoms with Gasteiger partial charge in [-0.1, -0.05) is 19.6 Å². The molecule has 0 amide bonds. The van der Waals surface area contributed by atoms with Crippen molar-refractivity contribution in [3.05, 3.63) is 40.7 Å². The second kappa shape index (κ2) is 8.72. The zero-order valence-corrected chi connectivity index (χ0v) is 18.4. The highest BCUT2D eigenvalue weighted by atomic mass is 16.6. The van der Waals surface area contributed by atoms with Gasteiger partial charge in [0.2, 0.25) is 0 Å². The molecule has 5 atom stereocenters. The van der Waals surface area contributed by atoms with E-state index in [1.807, 2.05) is 27.0 Å². The first-order valence-electron chi connectivity index (χ1n) is 10.7. The van der Waals surface area contributed by atoms with E-state index in [1.54, 1.807) is 12.1 Å². The topological polar surface area (TPSA) is 137 Å². The summed E-state index contributed by atoms with van der Waals surface area (Å²) in [5.41, 5.74) is 0.0770. The summed E-state index contributed by atoms with van der Waals surface area (Å²) >= 11 is 0. The van der Waals surface area contributed by atoms with Crippen molar-refractivity contribution in [1.82, 2.24) is 4.90 Å². The molecule has 9 heteroatoms. The number of carboxylic acid groups (broad SMARTS) is 1. The van der Waals surface area contributed by atoms with E-state index in [0.717, 1.165) is 11.1 Å². The largest absolute Gasteiger partial charge is 0.481 e. The average Bonchev–Trinajstić information content (AvgIpc) is 3.10. The van der Waals surface area contributed by atoms with E-state index in [4.69, 9.17) is 14.6 Å². The van der Waals surface area contributed by atoms with E-state index in [2.05, 4.69) is 4.90 Å². The molecule has 3 aliphatic rings. The number of likely N-dealkylation sites (N-methyl/N-ethyl adjacent to an activating group) is 1. The van der Waals surface area contributed by atoms with Crippen LogP contribution in [0.5, 0.6) is 5.75 Å². The summed E-state index contributed by atoms with van der Waals surface area (Å²) in [5, 5.41) is 40.8. The number of hydrogen-bond donors (Lipinski definition) is 4. The van der Waals surface area contributed by atoms with Crippen molar-refractivity contribution in [2.45, 2.75) is 76.4 Å². The minimum absolute atomic E-state index is 0. The normalized spacial score (nSPS) is 31.2. The maximum Gasteiger partial charge on any atom is 0.340 e. The number of aryl methyl sites for hydroxylation is 1. The highest BCUT2D eigenvalue weighted by molar-refractivity contribution is 5.81. The number of carbonyl (C=O) groups is 2. The number of fused-ring (bicyclic) bond motifs is 1. The van der Waals surface area contributed by atoms with E-state index in [9.17, 15) is 24.9 Å². The van der Waals surface area contributed by atoms with E-state index in [-0.39, 0.29) is 32.3 Å². The fraction of sp³-hybridized carbons (Fsp3) is 0.583. The van der Waals surface area contributed by atoms with Crippen LogP contribution in [0.25, 0.3) is 0 Å². The first kappa shape index (κ1) is 25.2. The zero-order chi connectivity index (χ0) is 23.4. The highest BCUT2D eigenvalue weighted by Gasteiger charge is 2.69. The number of piperidine rings is 1. The van der Waals surface area contributed by atoms with Gasteiger partial charge in [-0.25, -0.2) is 4.79 Å². The van der Waals surface area contributed by atoms with Gasteiger partial charge in [-0.3, -0.25) is 4.79 Å². The van der Waals surface area contributed by atoms with Crippen LogP contribution in [0, 0.1) is 6.92 Å². The van der Waals surface area contributed by atoms with Crippen molar-refractivity contribution in [3.63, 3.8) is 0 Å². The van der Waals surface area contributed by atoms with Crippen molar-refractivity contribution in [2.75, 3.05) is 13.6 Å². The number of aliphatic hydroxyl groups excluding tert-OH is 2. The quantitative estimate of drug-likeness (QED) is 0.475. The number of ether oxygens (including phenoxy) is 2. The molecule has 9 nitrogen and oxygen atoms in total. The fourth-order valence-corrected chi connectivity index (χ4v) is 5.63. The monoisotopic (exact) mass is 463 g/mol. The Bertz CT molecular complexity index is 991. The number of likely N-dealkylation sites (tertiary alicyclic amines) is 1. The molecule has 1 aliphatic carbocycles. The highest BCUT2D eigenvalue weighted by Crippen LogP contribution is 2.61. The Morgan fingerprint density at radius 2 is 2.06 bits per heavy atom. The number of aliphatic hydroxyl groups is 3. The van der Waals surface area contributed by atoms with Crippen LogP contribution in [0.2, 0.25) is 0 Å². The number of carboxylic acids is 1. The van der Waals surface area contributed by atoms with E-state index < -0.39 is 41.6 Å². The number of esters is 1. The van der Waals surface area contributed by atoms with Crippen molar-refractivity contribution in [3.8, 4) is 5.75 Å². The minimum Gasteiger partial charge on any atom is -0.481 e. The van der Waals surface area contributed by atoms with Gasteiger partial charge >= 0.3 is 11.9 Å². The molecule has 1 aromatic carbocycles. The Kier molecular flexibility index (Phi) is 6.65. The van der Waals surface area contributed by atoms with E-state index >= 15 is 0 Å². The summed E-state index contributed by atoms with van der Waals surface area (Å²) < 4.78 is 11.8. The summed E-state index contributed by atoms with van der Waals surface area (Å²) in [6.45, 7) is 4.27. The molecule has 0 aromatic heterocycles. The first-order valence-corrected chi connectivity index (χ1v) is 10.7. The molecule has 1 fully saturated rings. The fourth-order valence-electron chi connectivity index (χ4n) is 5.63. The Labute approximate surface area is 193 Å². The van der Waals surface area contributed by atoms with Crippen molar-refractivity contribution < 1.29 is 39.5 Å². The Balaban J connectivity index is 0.00000306. The lowest BCUT2D eigenvalue weighted by Gasteiger charge is -2.58. The van der Waals surface area contributed by atoms with Gasteiger partial charge in [-0.2, -0.15) is 0 Å². The summed E-state index contributed by atoms with van der Waals surface area (Å²) in [4.78, 5) is 25.4. The van der Waals surface area contributed by atoms with Gasteiger partial charge in [0.15, 0.2) is 12.2 Å². The summed E-state index contributed by atoms with van der Waals surface area (Å²) in [5.74, 6) is -1.79. The standard InChI is InChI=1S/C23H29NO8.CH4/c1-12-4-5-14(11-25)19-18(12)22-8-9-24(3)13(2)23(22,30)7-6-16(20(22)32-19)31-21(29)15(26)10-17(27)28;/h4-6,13,15,20,25-26,30H,7-11H2,1-3H3,(H,27,28);1H4/t13-,15+,20+,22+,23-;/m1./s1. The van der Waals surface area contributed by atoms with Gasteiger partial charge in [0.25, 0.3) is 0 Å². The van der Waals surface area contributed by atoms with Crippen molar-refractivity contribution >= 4 is 11.9 Å². The van der Waals surface area contributed by atoms with Crippen LogP contribution in [-0.4, -0.2) is 74.7 Å². The van der Waals surface area contributed by atoms with Crippen LogP contribution < -0.4 is 4.74 Å². The van der Waals surface area contributed by atoms with Crippen molar-refractivity contribution in [2.24, 2.45) is 0 Å². The molecule has 4 rings (SSSR count). The molecule has 33 heavy (non-hydrogen) atoms. The number of benzene rings is 1. The van der Waals surface area contributed by atoms with Crippen LogP contribution >= 0.6 is 0 Å². The lowest BCUT2D eigenvalue weighted by atomic mass is 9.54. The number of rotatable bonds is 5. The third-order valence-electron chi connectivity index (χ3n) is 7.46. The molecule has 2 heterocycles. The van der Waals surface area contributed by atoms with Crippen LogP contribution in [0.4, 0.5) is 0 Å². The number of carbonyl (C=O) groups excluding carboxylic acids is 1.